The van der Waals surface area contributed by atoms with E-state index >= 15 is 0 Å². The standard InChI is InChI=1S/C28H43BrO4/c1-15-5-11-27(12-6-15)16(2)22-20(33-27)13-19-21-18(8-9-25(19,22)3)26(4)10-7-17(30)14-28(26,32)24(31)23(21)29/h15-23,30,32H,5-14H2,1-4H3/t15?,16?,17?,18?,19?,20?,21?,22?,23?,25?,26?,27?,28-/m0/s1. The molecule has 1 saturated heterocycles. The molecule has 33 heavy (non-hydrogen) atoms. The molecule has 10 unspecified atom stereocenters. The topological polar surface area (TPSA) is 66.8 Å². The number of ketones is 1. The molecule has 5 saturated carbocycles. The first kappa shape index (κ1) is 23.4. The van der Waals surface area contributed by atoms with Gasteiger partial charge in [0.25, 0.3) is 0 Å². The Kier molecular flexibility index (Phi) is 5.18. The summed E-state index contributed by atoms with van der Waals surface area (Å²) in [5.41, 5.74) is -1.57. The number of carbonyl (C=O) groups excluding carboxylic acids is 1. The highest BCUT2D eigenvalue weighted by Crippen LogP contribution is 2.72. The summed E-state index contributed by atoms with van der Waals surface area (Å²) in [5.74, 6) is 2.92. The Balaban J connectivity index is 1.33. The van der Waals surface area contributed by atoms with Crippen molar-refractivity contribution in [1.82, 2.24) is 0 Å². The van der Waals surface area contributed by atoms with Gasteiger partial charge in [0, 0.05) is 11.8 Å². The third-order valence-electron chi connectivity index (χ3n) is 12.6. The molecule has 0 aromatic rings. The average molecular weight is 524 g/mol. The van der Waals surface area contributed by atoms with Crippen LogP contribution in [0, 0.1) is 46.3 Å². The van der Waals surface area contributed by atoms with E-state index in [0.29, 0.717) is 36.2 Å². The lowest BCUT2D eigenvalue weighted by atomic mass is 9.42. The van der Waals surface area contributed by atoms with Crippen LogP contribution in [-0.2, 0) is 9.53 Å². The van der Waals surface area contributed by atoms with Gasteiger partial charge in [-0.2, -0.15) is 0 Å². The van der Waals surface area contributed by atoms with Crippen molar-refractivity contribution in [2.45, 2.75) is 120 Å². The summed E-state index contributed by atoms with van der Waals surface area (Å²) in [7, 11) is 0. The Morgan fingerprint density at radius 1 is 1.00 bits per heavy atom. The number of aliphatic hydroxyl groups is 2. The summed E-state index contributed by atoms with van der Waals surface area (Å²) in [5, 5.41) is 22.1. The molecule has 186 valence electrons. The summed E-state index contributed by atoms with van der Waals surface area (Å²) in [6.07, 6.45) is 9.67. The van der Waals surface area contributed by atoms with Crippen molar-refractivity contribution in [2.75, 3.05) is 0 Å². The molecular weight excluding hydrogens is 480 g/mol. The second-order valence-electron chi connectivity index (χ2n) is 13.7. The molecule has 1 spiro atoms. The highest BCUT2D eigenvalue weighted by Gasteiger charge is 2.73. The third kappa shape index (κ3) is 2.83. The van der Waals surface area contributed by atoms with Gasteiger partial charge in [-0.25, -0.2) is 0 Å². The largest absolute Gasteiger partial charge is 0.393 e. The number of Topliss-reactive ketones (excluding diaryl/α,β-unsaturated/α-hetero) is 1. The first-order chi connectivity index (χ1) is 15.5. The van der Waals surface area contributed by atoms with Gasteiger partial charge in [-0.05, 0) is 98.7 Å². The molecule has 4 nitrogen and oxygen atoms in total. The molecule has 6 fully saturated rings. The van der Waals surface area contributed by atoms with Gasteiger partial charge < -0.3 is 14.9 Å². The molecule has 1 aliphatic heterocycles. The number of fused-ring (bicyclic) bond motifs is 7. The predicted octanol–water partition coefficient (Wildman–Crippen LogP) is 5.27. The zero-order chi connectivity index (χ0) is 23.6. The van der Waals surface area contributed by atoms with E-state index in [9.17, 15) is 15.0 Å². The van der Waals surface area contributed by atoms with E-state index in [-0.39, 0.29) is 34.0 Å². The Bertz CT molecular complexity index is 838. The highest BCUT2D eigenvalue weighted by molar-refractivity contribution is 9.10. The van der Waals surface area contributed by atoms with Crippen molar-refractivity contribution in [3.05, 3.63) is 0 Å². The number of alkyl halides is 1. The van der Waals surface area contributed by atoms with Crippen LogP contribution in [0.5, 0.6) is 0 Å². The summed E-state index contributed by atoms with van der Waals surface area (Å²) in [6, 6.07) is 0. The van der Waals surface area contributed by atoms with Crippen molar-refractivity contribution in [2.24, 2.45) is 46.3 Å². The maximum absolute atomic E-state index is 13.7. The van der Waals surface area contributed by atoms with Crippen LogP contribution in [0.2, 0.25) is 0 Å². The molecule has 6 rings (SSSR count). The number of hydrogen-bond acceptors (Lipinski definition) is 4. The third-order valence-corrected chi connectivity index (χ3v) is 13.6. The monoisotopic (exact) mass is 522 g/mol. The maximum atomic E-state index is 13.7. The van der Waals surface area contributed by atoms with E-state index in [1.807, 2.05) is 0 Å². The molecule has 5 heteroatoms. The van der Waals surface area contributed by atoms with Gasteiger partial charge in [-0.15, -0.1) is 0 Å². The molecule has 0 amide bonds. The van der Waals surface area contributed by atoms with E-state index in [0.717, 1.165) is 25.2 Å². The summed E-state index contributed by atoms with van der Waals surface area (Å²) in [6.45, 7) is 9.53. The zero-order valence-electron chi connectivity index (χ0n) is 20.9. The molecular formula is C28H43BrO4. The Labute approximate surface area is 207 Å². The van der Waals surface area contributed by atoms with E-state index < -0.39 is 17.1 Å². The van der Waals surface area contributed by atoms with Gasteiger partial charge in [0.2, 0.25) is 0 Å². The lowest BCUT2D eigenvalue weighted by Crippen LogP contribution is -2.70. The number of aliphatic hydroxyl groups excluding tert-OH is 1. The molecule has 0 aromatic carbocycles. The fraction of sp³-hybridized carbons (Fsp3) is 0.964. The average Bonchev–Trinajstić information content (AvgIpc) is 3.21. The van der Waals surface area contributed by atoms with Crippen molar-refractivity contribution < 1.29 is 19.7 Å². The minimum atomic E-state index is -1.41. The van der Waals surface area contributed by atoms with Gasteiger partial charge in [0.15, 0.2) is 5.78 Å². The number of ether oxygens (including phenoxy) is 1. The smallest absolute Gasteiger partial charge is 0.178 e. The first-order valence-electron chi connectivity index (χ1n) is 13.7. The zero-order valence-corrected chi connectivity index (χ0v) is 22.4. The van der Waals surface area contributed by atoms with Crippen LogP contribution < -0.4 is 0 Å². The van der Waals surface area contributed by atoms with Crippen LogP contribution in [0.3, 0.4) is 0 Å². The fourth-order valence-corrected chi connectivity index (χ4v) is 11.7. The second kappa shape index (κ2) is 7.29. The molecule has 0 aromatic heterocycles. The number of hydrogen-bond donors (Lipinski definition) is 2. The van der Waals surface area contributed by atoms with Crippen LogP contribution >= 0.6 is 15.9 Å². The molecule has 6 aliphatic rings. The quantitative estimate of drug-likeness (QED) is 0.425. The predicted molar refractivity (Wildman–Crippen MR) is 131 cm³/mol. The van der Waals surface area contributed by atoms with Gasteiger partial charge in [0.05, 0.1) is 22.6 Å². The molecule has 1 heterocycles. The van der Waals surface area contributed by atoms with Crippen LogP contribution in [0.25, 0.3) is 0 Å². The van der Waals surface area contributed by atoms with Crippen molar-refractivity contribution in [3.63, 3.8) is 0 Å². The Morgan fingerprint density at radius 3 is 2.39 bits per heavy atom. The van der Waals surface area contributed by atoms with Crippen LogP contribution in [0.15, 0.2) is 0 Å². The van der Waals surface area contributed by atoms with E-state index in [1.165, 1.54) is 32.1 Å². The molecule has 0 bridgehead atoms. The van der Waals surface area contributed by atoms with E-state index in [2.05, 4.69) is 43.6 Å². The molecule has 11 atom stereocenters. The molecule has 5 aliphatic carbocycles. The summed E-state index contributed by atoms with van der Waals surface area (Å²) in [4.78, 5) is 13.4. The molecule has 2 N–H and O–H groups in total. The minimum Gasteiger partial charge on any atom is -0.393 e. The summed E-state index contributed by atoms with van der Waals surface area (Å²) < 4.78 is 7.06. The van der Waals surface area contributed by atoms with Crippen LogP contribution in [0.1, 0.15) is 91.9 Å². The second-order valence-corrected chi connectivity index (χ2v) is 14.7. The van der Waals surface area contributed by atoms with Crippen molar-refractivity contribution in [3.8, 4) is 0 Å². The van der Waals surface area contributed by atoms with Gasteiger partial charge in [-0.1, -0.05) is 43.6 Å². The highest BCUT2D eigenvalue weighted by atomic mass is 79.9. The number of halogens is 1. The fourth-order valence-electron chi connectivity index (χ4n) is 10.6. The minimum absolute atomic E-state index is 0.0713. The van der Waals surface area contributed by atoms with Crippen LogP contribution in [0.4, 0.5) is 0 Å². The van der Waals surface area contributed by atoms with E-state index in [1.54, 1.807) is 0 Å². The SMILES string of the molecule is CC1CCC2(CC1)OC1CC3C4C(Br)C(=O)[C@@]5(O)CC(O)CCC5(C)C4CCC3(C)C1C2C. The van der Waals surface area contributed by atoms with Gasteiger partial charge in [0.1, 0.15) is 5.60 Å². The normalized spacial score (nSPS) is 62.5. The van der Waals surface area contributed by atoms with Crippen molar-refractivity contribution >= 4 is 21.7 Å². The van der Waals surface area contributed by atoms with Gasteiger partial charge in [-0.3, -0.25) is 4.79 Å². The Morgan fingerprint density at radius 2 is 1.70 bits per heavy atom. The van der Waals surface area contributed by atoms with E-state index in [4.69, 9.17) is 4.74 Å². The summed E-state index contributed by atoms with van der Waals surface area (Å²) >= 11 is 3.84. The number of carbonyl (C=O) groups is 1. The van der Waals surface area contributed by atoms with Gasteiger partial charge >= 0.3 is 0 Å². The first-order valence-corrected chi connectivity index (χ1v) is 14.6. The number of rotatable bonds is 0. The Hall–Kier alpha value is 0.0300. The molecule has 0 radical (unpaired) electrons. The lowest BCUT2D eigenvalue weighted by Gasteiger charge is -2.64. The maximum Gasteiger partial charge on any atom is 0.178 e. The lowest BCUT2D eigenvalue weighted by molar-refractivity contribution is -0.212. The van der Waals surface area contributed by atoms with Crippen molar-refractivity contribution in [1.29, 1.82) is 0 Å². The van der Waals surface area contributed by atoms with Crippen LogP contribution in [-0.4, -0.2) is 44.2 Å².